The summed E-state index contributed by atoms with van der Waals surface area (Å²) in [5.41, 5.74) is 5.02. The maximum absolute atomic E-state index is 11.2. The molecule has 0 aromatic rings. The first kappa shape index (κ1) is 10.3. The van der Waals surface area contributed by atoms with Crippen LogP contribution in [0.15, 0.2) is 0 Å². The summed E-state index contributed by atoms with van der Waals surface area (Å²) in [6.45, 7) is 6.18. The van der Waals surface area contributed by atoms with Gasteiger partial charge in [-0.1, -0.05) is 0 Å². The number of alkyl carbamates (subject to hydrolysis) is 1. The lowest BCUT2D eigenvalue weighted by Gasteiger charge is -2.19. The van der Waals surface area contributed by atoms with E-state index in [0.717, 1.165) is 6.42 Å². The lowest BCUT2D eigenvalue weighted by atomic mass is 10.2. The number of ether oxygens (including phenoxy) is 1. The van der Waals surface area contributed by atoms with Gasteiger partial charge >= 0.3 is 6.09 Å². The molecule has 1 amide bonds. The molecular weight excluding hydrogens is 168 g/mol. The van der Waals surface area contributed by atoms with E-state index in [1.165, 1.54) is 0 Å². The normalized spacial score (nSPS) is 26.8. The highest BCUT2D eigenvalue weighted by Gasteiger charge is 2.37. The van der Waals surface area contributed by atoms with Gasteiger partial charge < -0.3 is 15.8 Å². The zero-order valence-corrected chi connectivity index (χ0v) is 8.46. The molecule has 1 rings (SSSR count). The second-order valence-corrected chi connectivity index (χ2v) is 4.48. The van der Waals surface area contributed by atoms with Gasteiger partial charge in [0.15, 0.2) is 0 Å². The van der Waals surface area contributed by atoms with Crippen LogP contribution in [-0.2, 0) is 4.74 Å². The fourth-order valence-electron chi connectivity index (χ4n) is 1.14. The predicted molar refractivity (Wildman–Crippen MR) is 50.3 cm³/mol. The molecule has 0 aromatic carbocycles. The molecule has 76 valence electrons. The quantitative estimate of drug-likeness (QED) is 0.672. The summed E-state index contributed by atoms with van der Waals surface area (Å²) < 4.78 is 5.09. The van der Waals surface area contributed by atoms with Crippen molar-refractivity contribution in [2.45, 2.75) is 38.8 Å². The largest absolute Gasteiger partial charge is 0.444 e. The molecule has 2 atom stereocenters. The Kier molecular flexibility index (Phi) is 2.81. The minimum Gasteiger partial charge on any atom is -0.444 e. The lowest BCUT2D eigenvalue weighted by Crippen LogP contribution is -2.34. The Labute approximate surface area is 78.8 Å². The van der Waals surface area contributed by atoms with Crippen molar-refractivity contribution in [3.63, 3.8) is 0 Å². The van der Waals surface area contributed by atoms with Crippen LogP contribution < -0.4 is 11.1 Å². The Morgan fingerprint density at radius 3 is 2.62 bits per heavy atom. The van der Waals surface area contributed by atoms with Gasteiger partial charge in [-0.15, -0.1) is 0 Å². The van der Waals surface area contributed by atoms with E-state index in [0.29, 0.717) is 12.5 Å². The van der Waals surface area contributed by atoms with Gasteiger partial charge in [0.1, 0.15) is 5.60 Å². The Hall–Kier alpha value is -0.770. The molecular formula is C9H18N2O2. The van der Waals surface area contributed by atoms with Crippen LogP contribution in [0, 0.1) is 5.92 Å². The molecule has 2 unspecified atom stereocenters. The van der Waals surface area contributed by atoms with Crippen LogP contribution in [0.1, 0.15) is 27.2 Å². The van der Waals surface area contributed by atoms with Crippen molar-refractivity contribution in [3.05, 3.63) is 0 Å². The minimum absolute atomic E-state index is 0.236. The summed E-state index contributed by atoms with van der Waals surface area (Å²) in [6, 6.07) is 0.236. The third kappa shape index (κ3) is 3.63. The van der Waals surface area contributed by atoms with Gasteiger partial charge in [-0.05, 0) is 39.7 Å². The Balaban J connectivity index is 2.20. The van der Waals surface area contributed by atoms with Gasteiger partial charge in [0, 0.05) is 6.04 Å². The fourth-order valence-corrected chi connectivity index (χ4v) is 1.14. The fraction of sp³-hybridized carbons (Fsp3) is 0.889. The molecule has 0 heterocycles. The summed E-state index contributed by atoms with van der Waals surface area (Å²) in [4.78, 5) is 11.2. The van der Waals surface area contributed by atoms with Crippen molar-refractivity contribution >= 4 is 6.09 Å². The first-order valence-corrected chi connectivity index (χ1v) is 4.62. The first-order valence-electron chi connectivity index (χ1n) is 4.62. The number of rotatable bonds is 2. The van der Waals surface area contributed by atoms with Crippen molar-refractivity contribution < 1.29 is 9.53 Å². The highest BCUT2D eigenvalue weighted by atomic mass is 16.6. The molecule has 1 aliphatic rings. The van der Waals surface area contributed by atoms with E-state index in [1.807, 2.05) is 20.8 Å². The van der Waals surface area contributed by atoms with E-state index in [-0.39, 0.29) is 12.1 Å². The molecule has 1 fully saturated rings. The summed E-state index contributed by atoms with van der Waals surface area (Å²) in [5, 5.41) is 2.77. The van der Waals surface area contributed by atoms with Crippen molar-refractivity contribution in [2.24, 2.45) is 11.7 Å². The second-order valence-electron chi connectivity index (χ2n) is 4.48. The Bertz CT molecular complexity index is 198. The predicted octanol–water partition coefficient (Wildman–Crippen LogP) is 0.858. The first-order chi connectivity index (χ1) is 5.92. The van der Waals surface area contributed by atoms with E-state index in [4.69, 9.17) is 10.5 Å². The van der Waals surface area contributed by atoms with Crippen LogP contribution >= 0.6 is 0 Å². The van der Waals surface area contributed by atoms with E-state index in [1.54, 1.807) is 0 Å². The highest BCUT2D eigenvalue weighted by molar-refractivity contribution is 5.68. The highest BCUT2D eigenvalue weighted by Crippen LogP contribution is 2.28. The zero-order chi connectivity index (χ0) is 10.1. The van der Waals surface area contributed by atoms with Crippen LogP contribution in [0.4, 0.5) is 4.79 Å². The van der Waals surface area contributed by atoms with Crippen molar-refractivity contribution in [1.82, 2.24) is 5.32 Å². The monoisotopic (exact) mass is 186 g/mol. The van der Waals surface area contributed by atoms with Crippen molar-refractivity contribution in [1.29, 1.82) is 0 Å². The van der Waals surface area contributed by atoms with Gasteiger partial charge in [-0.3, -0.25) is 0 Å². The zero-order valence-electron chi connectivity index (χ0n) is 8.46. The number of nitrogens with two attached hydrogens (primary N) is 1. The lowest BCUT2D eigenvalue weighted by molar-refractivity contribution is 0.0521. The van der Waals surface area contributed by atoms with Gasteiger partial charge in [-0.25, -0.2) is 4.79 Å². The minimum atomic E-state index is -0.419. The van der Waals surface area contributed by atoms with Crippen LogP contribution in [-0.4, -0.2) is 24.3 Å². The van der Waals surface area contributed by atoms with Gasteiger partial charge in [0.05, 0.1) is 0 Å². The number of hydrogen-bond acceptors (Lipinski definition) is 3. The van der Waals surface area contributed by atoms with Gasteiger partial charge in [0.25, 0.3) is 0 Å². The third-order valence-corrected chi connectivity index (χ3v) is 1.93. The molecule has 0 aliphatic heterocycles. The molecule has 0 bridgehead atoms. The number of amides is 1. The molecule has 4 heteroatoms. The van der Waals surface area contributed by atoms with E-state index in [9.17, 15) is 4.79 Å². The average Bonchev–Trinajstić information content (AvgIpc) is 2.62. The molecule has 3 N–H and O–H groups in total. The molecule has 1 saturated carbocycles. The molecule has 1 aliphatic carbocycles. The Morgan fingerprint density at radius 2 is 2.23 bits per heavy atom. The van der Waals surface area contributed by atoms with Gasteiger partial charge in [-0.2, -0.15) is 0 Å². The average molecular weight is 186 g/mol. The molecule has 0 saturated heterocycles. The third-order valence-electron chi connectivity index (χ3n) is 1.93. The summed E-state index contributed by atoms with van der Waals surface area (Å²) in [7, 11) is 0. The van der Waals surface area contributed by atoms with E-state index < -0.39 is 5.60 Å². The van der Waals surface area contributed by atoms with Crippen LogP contribution in [0.3, 0.4) is 0 Å². The molecule has 0 spiro atoms. The molecule has 13 heavy (non-hydrogen) atoms. The molecule has 0 radical (unpaired) electrons. The van der Waals surface area contributed by atoms with E-state index in [2.05, 4.69) is 5.32 Å². The maximum atomic E-state index is 11.2. The number of carbonyl (C=O) groups excluding carboxylic acids is 1. The summed E-state index contributed by atoms with van der Waals surface area (Å²) in [6.07, 6.45) is 0.642. The standard InChI is InChI=1S/C9H18N2O2/c1-9(2,3)13-8(12)11-7-4-6(7)5-10/h6-7H,4-5,10H2,1-3H3,(H,11,12). The molecule has 4 nitrogen and oxygen atoms in total. The summed E-state index contributed by atoms with van der Waals surface area (Å²) in [5.74, 6) is 0.451. The van der Waals surface area contributed by atoms with Crippen molar-refractivity contribution in [3.8, 4) is 0 Å². The van der Waals surface area contributed by atoms with E-state index >= 15 is 0 Å². The summed E-state index contributed by atoms with van der Waals surface area (Å²) >= 11 is 0. The molecule has 0 aromatic heterocycles. The number of carbonyl (C=O) groups is 1. The van der Waals surface area contributed by atoms with Crippen LogP contribution in [0.2, 0.25) is 0 Å². The SMILES string of the molecule is CC(C)(C)OC(=O)NC1CC1CN. The van der Waals surface area contributed by atoms with Gasteiger partial charge in [0.2, 0.25) is 0 Å². The smallest absolute Gasteiger partial charge is 0.407 e. The topological polar surface area (TPSA) is 64.3 Å². The van der Waals surface area contributed by atoms with Crippen LogP contribution in [0.5, 0.6) is 0 Å². The second kappa shape index (κ2) is 3.54. The van der Waals surface area contributed by atoms with Crippen LogP contribution in [0.25, 0.3) is 0 Å². The number of nitrogens with one attached hydrogen (secondary N) is 1. The Morgan fingerprint density at radius 1 is 1.62 bits per heavy atom. The van der Waals surface area contributed by atoms with Crippen molar-refractivity contribution in [2.75, 3.05) is 6.54 Å². The maximum Gasteiger partial charge on any atom is 0.407 e. The number of hydrogen-bond donors (Lipinski definition) is 2.